The van der Waals surface area contributed by atoms with Crippen LogP contribution in [0, 0.1) is 5.92 Å². The van der Waals surface area contributed by atoms with Gasteiger partial charge < -0.3 is 5.32 Å². The van der Waals surface area contributed by atoms with Crippen molar-refractivity contribution in [3.63, 3.8) is 0 Å². The van der Waals surface area contributed by atoms with E-state index < -0.39 is 0 Å². The van der Waals surface area contributed by atoms with Gasteiger partial charge >= 0.3 is 0 Å². The fraction of sp³-hybridized carbons (Fsp3) is 0.600. The number of anilines is 1. The summed E-state index contributed by atoms with van der Waals surface area (Å²) in [5.41, 5.74) is 1.16. The molecule has 1 aromatic rings. The van der Waals surface area contributed by atoms with Gasteiger partial charge in [0.1, 0.15) is 0 Å². The predicted molar refractivity (Wildman–Crippen MR) is 75.7 cm³/mol. The zero-order chi connectivity index (χ0) is 12.1. The summed E-state index contributed by atoms with van der Waals surface area (Å²) in [5, 5.41) is 4.44. The van der Waals surface area contributed by atoms with E-state index in [0.717, 1.165) is 16.6 Å². The Morgan fingerprint density at radius 1 is 1.24 bits per heavy atom. The van der Waals surface area contributed by atoms with Crippen LogP contribution in [-0.4, -0.2) is 6.04 Å². The Labute approximate surface area is 110 Å². The van der Waals surface area contributed by atoms with E-state index in [4.69, 9.17) is 11.6 Å². The molecule has 0 radical (unpaired) electrons. The predicted octanol–water partition coefficient (Wildman–Crippen LogP) is 5.11. The van der Waals surface area contributed by atoms with Gasteiger partial charge in [-0.2, -0.15) is 0 Å². The molecule has 0 aliphatic heterocycles. The molecule has 1 aliphatic carbocycles. The minimum absolute atomic E-state index is 0.630. The molecule has 1 nitrogen and oxygen atoms in total. The van der Waals surface area contributed by atoms with E-state index in [2.05, 4.69) is 18.3 Å². The molecule has 0 spiro atoms. The molecule has 17 heavy (non-hydrogen) atoms. The highest BCUT2D eigenvalue weighted by Gasteiger charge is 2.17. The van der Waals surface area contributed by atoms with Crippen LogP contribution >= 0.6 is 11.6 Å². The van der Waals surface area contributed by atoms with Crippen LogP contribution in [0.1, 0.15) is 45.4 Å². The van der Waals surface area contributed by atoms with Crippen molar-refractivity contribution in [2.75, 3.05) is 5.32 Å². The molecule has 1 aromatic carbocycles. The van der Waals surface area contributed by atoms with E-state index in [1.54, 1.807) is 0 Å². The zero-order valence-electron chi connectivity index (χ0n) is 10.6. The molecule has 0 amide bonds. The van der Waals surface area contributed by atoms with E-state index in [1.165, 1.54) is 38.5 Å². The third-order valence-electron chi connectivity index (χ3n) is 3.86. The van der Waals surface area contributed by atoms with Crippen LogP contribution < -0.4 is 5.32 Å². The van der Waals surface area contributed by atoms with Crippen molar-refractivity contribution in [2.24, 2.45) is 5.92 Å². The number of benzene rings is 1. The van der Waals surface area contributed by atoms with Crippen LogP contribution in [-0.2, 0) is 0 Å². The fourth-order valence-corrected chi connectivity index (χ4v) is 2.94. The summed E-state index contributed by atoms with van der Waals surface area (Å²) >= 11 is 6.00. The van der Waals surface area contributed by atoms with Gasteiger partial charge in [0.2, 0.25) is 0 Å². The van der Waals surface area contributed by atoms with Crippen molar-refractivity contribution in [3.8, 4) is 0 Å². The first-order chi connectivity index (χ1) is 8.28. The third kappa shape index (κ3) is 3.92. The lowest BCUT2D eigenvalue weighted by Gasteiger charge is -2.18. The number of hydrogen-bond donors (Lipinski definition) is 1. The van der Waals surface area contributed by atoms with E-state index in [-0.39, 0.29) is 0 Å². The summed E-state index contributed by atoms with van der Waals surface area (Å²) in [7, 11) is 0. The monoisotopic (exact) mass is 251 g/mol. The van der Waals surface area contributed by atoms with E-state index in [9.17, 15) is 0 Å². The minimum Gasteiger partial charge on any atom is -0.382 e. The average Bonchev–Trinajstić information content (AvgIpc) is 2.54. The van der Waals surface area contributed by atoms with Crippen molar-refractivity contribution >= 4 is 17.3 Å². The lowest BCUT2D eigenvalue weighted by Crippen LogP contribution is -2.18. The Hall–Kier alpha value is -0.690. The molecule has 1 fully saturated rings. The van der Waals surface area contributed by atoms with Crippen LogP contribution in [0.25, 0.3) is 0 Å². The molecule has 0 aromatic heterocycles. The largest absolute Gasteiger partial charge is 0.382 e. The molecule has 0 bridgehead atoms. The molecule has 1 aliphatic rings. The molecular formula is C15H22ClN. The first kappa shape index (κ1) is 12.8. The maximum absolute atomic E-state index is 6.00. The fourth-order valence-electron chi connectivity index (χ4n) is 2.75. The van der Waals surface area contributed by atoms with Crippen molar-refractivity contribution in [3.05, 3.63) is 29.3 Å². The summed E-state index contributed by atoms with van der Waals surface area (Å²) in [6, 6.07) is 8.69. The van der Waals surface area contributed by atoms with Crippen LogP contribution in [0.5, 0.6) is 0 Å². The maximum Gasteiger partial charge on any atom is 0.0426 e. The quantitative estimate of drug-likeness (QED) is 0.736. The van der Waals surface area contributed by atoms with E-state index >= 15 is 0 Å². The molecular weight excluding hydrogens is 230 g/mol. The number of halogens is 1. The number of nitrogens with one attached hydrogen (secondary N) is 1. The van der Waals surface area contributed by atoms with E-state index in [1.807, 2.05) is 18.2 Å². The van der Waals surface area contributed by atoms with Crippen LogP contribution in [0.4, 0.5) is 5.69 Å². The summed E-state index contributed by atoms with van der Waals surface area (Å²) in [6.07, 6.45) is 8.06. The van der Waals surface area contributed by atoms with Gasteiger partial charge in [0.15, 0.2) is 0 Å². The Balaban J connectivity index is 1.90. The second-order valence-electron chi connectivity index (χ2n) is 5.13. The average molecular weight is 252 g/mol. The Morgan fingerprint density at radius 3 is 2.88 bits per heavy atom. The molecule has 1 N–H and O–H groups in total. The maximum atomic E-state index is 6.00. The molecule has 2 atom stereocenters. The van der Waals surface area contributed by atoms with Crippen molar-refractivity contribution in [2.45, 2.75) is 51.5 Å². The smallest absolute Gasteiger partial charge is 0.0426 e. The molecule has 1 saturated carbocycles. The van der Waals surface area contributed by atoms with E-state index in [0.29, 0.717) is 6.04 Å². The Bertz CT molecular complexity index is 351. The van der Waals surface area contributed by atoms with Gasteiger partial charge in [-0.25, -0.2) is 0 Å². The summed E-state index contributed by atoms with van der Waals surface area (Å²) in [6.45, 7) is 2.31. The third-order valence-corrected chi connectivity index (χ3v) is 4.10. The second kappa shape index (κ2) is 6.30. The summed E-state index contributed by atoms with van der Waals surface area (Å²) < 4.78 is 0. The first-order valence-corrected chi connectivity index (χ1v) is 7.18. The molecule has 0 saturated heterocycles. The van der Waals surface area contributed by atoms with Gasteiger partial charge in [0.25, 0.3) is 0 Å². The zero-order valence-corrected chi connectivity index (χ0v) is 11.3. The van der Waals surface area contributed by atoms with Crippen LogP contribution in [0.3, 0.4) is 0 Å². The summed E-state index contributed by atoms with van der Waals surface area (Å²) in [5.74, 6) is 0.946. The SMILES string of the molecule is CCC1CCCC(Nc2cccc(Cl)c2)CC1. The van der Waals surface area contributed by atoms with Gasteiger partial charge in [-0.1, -0.05) is 43.9 Å². The minimum atomic E-state index is 0.630. The molecule has 2 heteroatoms. The lowest BCUT2D eigenvalue weighted by molar-refractivity contribution is 0.444. The topological polar surface area (TPSA) is 12.0 Å². The van der Waals surface area contributed by atoms with Gasteiger partial charge in [0.05, 0.1) is 0 Å². The first-order valence-electron chi connectivity index (χ1n) is 6.80. The lowest BCUT2D eigenvalue weighted by atomic mass is 9.98. The second-order valence-corrected chi connectivity index (χ2v) is 5.57. The van der Waals surface area contributed by atoms with Crippen LogP contribution in [0.15, 0.2) is 24.3 Å². The normalized spacial score (nSPS) is 25.3. The highest BCUT2D eigenvalue weighted by molar-refractivity contribution is 6.30. The van der Waals surface area contributed by atoms with Gasteiger partial charge in [-0.15, -0.1) is 0 Å². The highest BCUT2D eigenvalue weighted by Crippen LogP contribution is 2.27. The van der Waals surface area contributed by atoms with Gasteiger partial charge in [0, 0.05) is 16.8 Å². The van der Waals surface area contributed by atoms with Crippen molar-refractivity contribution < 1.29 is 0 Å². The number of hydrogen-bond acceptors (Lipinski definition) is 1. The number of rotatable bonds is 3. The molecule has 2 rings (SSSR count). The highest BCUT2D eigenvalue weighted by atomic mass is 35.5. The van der Waals surface area contributed by atoms with Gasteiger partial charge in [-0.05, 0) is 43.4 Å². The molecule has 0 heterocycles. The molecule has 2 unspecified atom stereocenters. The Kier molecular flexibility index (Phi) is 4.73. The Morgan fingerprint density at radius 2 is 2.12 bits per heavy atom. The van der Waals surface area contributed by atoms with Crippen molar-refractivity contribution in [1.29, 1.82) is 0 Å². The van der Waals surface area contributed by atoms with Crippen molar-refractivity contribution in [1.82, 2.24) is 0 Å². The summed E-state index contributed by atoms with van der Waals surface area (Å²) in [4.78, 5) is 0. The molecule has 94 valence electrons. The van der Waals surface area contributed by atoms with Gasteiger partial charge in [-0.3, -0.25) is 0 Å². The van der Waals surface area contributed by atoms with Crippen LogP contribution in [0.2, 0.25) is 5.02 Å². The standard InChI is InChI=1S/C15H22ClN/c1-2-12-5-3-7-14(10-9-12)17-15-8-4-6-13(16)11-15/h4,6,8,11-12,14,17H,2-3,5,7,9-10H2,1H3.